The summed E-state index contributed by atoms with van der Waals surface area (Å²) in [7, 11) is 1.29. The molecule has 4 rings (SSSR count). The zero-order valence-corrected chi connectivity index (χ0v) is 20.2. The van der Waals surface area contributed by atoms with Gasteiger partial charge in [-0.2, -0.15) is 0 Å². The minimum atomic E-state index is -0.792. The Morgan fingerprint density at radius 3 is 2.44 bits per heavy atom. The number of halogens is 1. The van der Waals surface area contributed by atoms with Gasteiger partial charge in [-0.15, -0.1) is 0 Å². The van der Waals surface area contributed by atoms with Crippen molar-refractivity contribution in [2.24, 2.45) is 4.99 Å². The van der Waals surface area contributed by atoms with E-state index in [4.69, 9.17) is 4.74 Å². The number of allylic oxidation sites excluding steroid dienone is 1. The van der Waals surface area contributed by atoms with Gasteiger partial charge in [0.25, 0.3) is 0 Å². The Kier molecular flexibility index (Phi) is 7.06. The van der Waals surface area contributed by atoms with Gasteiger partial charge < -0.3 is 19.4 Å². The summed E-state index contributed by atoms with van der Waals surface area (Å²) in [5.74, 6) is -1.12. The van der Waals surface area contributed by atoms with Gasteiger partial charge in [0.1, 0.15) is 5.82 Å². The molecule has 0 N–H and O–H groups in total. The Hall–Kier alpha value is -3.14. The molecule has 3 aliphatic rings. The van der Waals surface area contributed by atoms with Crippen LogP contribution in [0.2, 0.25) is 0 Å². The smallest absolute Gasteiger partial charge is 0.338 e. The first-order valence-corrected chi connectivity index (χ1v) is 12.1. The van der Waals surface area contributed by atoms with E-state index in [1.165, 1.54) is 31.9 Å². The van der Waals surface area contributed by atoms with Crippen LogP contribution in [0.15, 0.2) is 51.6 Å². The number of fused-ring (bicyclic) bond motifs is 1. The van der Waals surface area contributed by atoms with Crippen molar-refractivity contribution in [3.05, 3.63) is 58.0 Å². The number of amides is 2. The minimum absolute atomic E-state index is 0.00208. The molecule has 1 aromatic carbocycles. The average Bonchev–Trinajstić information content (AvgIpc) is 3.25. The number of hydrogen-bond acceptors (Lipinski definition) is 7. The molecule has 180 valence electrons. The van der Waals surface area contributed by atoms with Crippen molar-refractivity contribution >= 4 is 34.7 Å². The standard InChI is InChI=1S/C24H27FN4O4S/c1-4-19-21(23(32)33-3)22(17-7-5-6-8-18(17)25)29-16(14-34-24(29)26-19)13-20(31)28-11-9-27(10-12-28)15(2)30/h5-8,14,22H,4,9-13H2,1-3H3/t22-/m1/s1. The number of nitrogens with zero attached hydrogens (tertiary/aromatic N) is 4. The quantitative estimate of drug-likeness (QED) is 0.595. The molecule has 34 heavy (non-hydrogen) atoms. The van der Waals surface area contributed by atoms with Gasteiger partial charge in [0.05, 0.1) is 30.8 Å². The van der Waals surface area contributed by atoms with E-state index in [9.17, 15) is 14.4 Å². The lowest BCUT2D eigenvalue weighted by Crippen LogP contribution is -2.50. The van der Waals surface area contributed by atoms with Crippen LogP contribution in [0.1, 0.15) is 38.3 Å². The predicted molar refractivity (Wildman–Crippen MR) is 127 cm³/mol. The summed E-state index contributed by atoms with van der Waals surface area (Å²) >= 11 is 1.35. The van der Waals surface area contributed by atoms with Gasteiger partial charge in [-0.1, -0.05) is 36.9 Å². The third kappa shape index (κ3) is 4.46. The van der Waals surface area contributed by atoms with Crippen LogP contribution in [0, 0.1) is 5.82 Å². The molecule has 0 bridgehead atoms. The van der Waals surface area contributed by atoms with E-state index < -0.39 is 17.8 Å². The minimum Gasteiger partial charge on any atom is -0.466 e. The van der Waals surface area contributed by atoms with Gasteiger partial charge in [-0.25, -0.2) is 14.2 Å². The van der Waals surface area contributed by atoms with Gasteiger partial charge in [0.2, 0.25) is 11.8 Å². The van der Waals surface area contributed by atoms with Gasteiger partial charge in [-0.3, -0.25) is 9.59 Å². The third-order valence-electron chi connectivity index (χ3n) is 6.24. The van der Waals surface area contributed by atoms with Crippen molar-refractivity contribution in [1.29, 1.82) is 0 Å². The molecule has 3 heterocycles. The van der Waals surface area contributed by atoms with Crippen LogP contribution >= 0.6 is 11.8 Å². The molecule has 0 radical (unpaired) electrons. The first-order valence-electron chi connectivity index (χ1n) is 11.2. The molecule has 0 spiro atoms. The number of ether oxygens (including phenoxy) is 1. The third-order valence-corrected chi connectivity index (χ3v) is 7.13. The highest BCUT2D eigenvalue weighted by Gasteiger charge is 2.42. The molecule has 1 aromatic rings. The fourth-order valence-corrected chi connectivity index (χ4v) is 5.38. The number of benzene rings is 1. The normalized spacial score (nSPS) is 20.1. The molecule has 1 fully saturated rings. The monoisotopic (exact) mass is 486 g/mol. The summed E-state index contributed by atoms with van der Waals surface area (Å²) < 4.78 is 20.1. The van der Waals surface area contributed by atoms with Gasteiger partial charge in [0, 0.05) is 44.4 Å². The van der Waals surface area contributed by atoms with E-state index >= 15 is 4.39 Å². The lowest BCUT2D eigenvalue weighted by molar-refractivity contribution is -0.138. The average molecular weight is 487 g/mol. The van der Waals surface area contributed by atoms with Gasteiger partial charge in [0.15, 0.2) is 5.17 Å². The van der Waals surface area contributed by atoms with Crippen LogP contribution in [0.4, 0.5) is 4.39 Å². The maximum absolute atomic E-state index is 15.0. The molecule has 0 aliphatic carbocycles. The molecule has 0 aromatic heterocycles. The van der Waals surface area contributed by atoms with Crippen LogP contribution in [0.25, 0.3) is 0 Å². The molecule has 8 nitrogen and oxygen atoms in total. The van der Waals surface area contributed by atoms with Crippen molar-refractivity contribution in [2.45, 2.75) is 32.7 Å². The van der Waals surface area contributed by atoms with Crippen molar-refractivity contribution in [3.8, 4) is 0 Å². The van der Waals surface area contributed by atoms with Gasteiger partial charge >= 0.3 is 5.97 Å². The van der Waals surface area contributed by atoms with Gasteiger partial charge in [-0.05, 0) is 17.9 Å². The van der Waals surface area contributed by atoms with Crippen LogP contribution in [0.5, 0.6) is 0 Å². The van der Waals surface area contributed by atoms with Crippen molar-refractivity contribution < 1.29 is 23.5 Å². The molecule has 1 saturated heterocycles. The van der Waals surface area contributed by atoms with Crippen LogP contribution in [0.3, 0.4) is 0 Å². The Morgan fingerprint density at radius 1 is 1.15 bits per heavy atom. The summed E-state index contributed by atoms with van der Waals surface area (Å²) in [6, 6.07) is 5.52. The topological polar surface area (TPSA) is 82.5 Å². The second-order valence-electron chi connectivity index (χ2n) is 8.18. The lowest BCUT2D eigenvalue weighted by atomic mass is 9.92. The fraction of sp³-hybridized carbons (Fsp3) is 0.417. The van der Waals surface area contributed by atoms with Crippen LogP contribution in [-0.4, -0.2) is 70.9 Å². The number of hydrogen-bond donors (Lipinski definition) is 0. The van der Waals surface area contributed by atoms with Crippen molar-refractivity contribution in [3.63, 3.8) is 0 Å². The predicted octanol–water partition coefficient (Wildman–Crippen LogP) is 3.04. The number of thioether (sulfide) groups is 1. The second-order valence-corrected chi connectivity index (χ2v) is 9.02. The molecule has 2 amide bonds. The zero-order valence-electron chi connectivity index (χ0n) is 19.4. The lowest BCUT2D eigenvalue weighted by Gasteiger charge is -2.38. The summed E-state index contributed by atoms with van der Waals surface area (Å²) in [6.07, 6.45) is 0.551. The van der Waals surface area contributed by atoms with E-state index in [0.29, 0.717) is 54.7 Å². The maximum Gasteiger partial charge on any atom is 0.338 e. The van der Waals surface area contributed by atoms with E-state index in [1.807, 2.05) is 12.3 Å². The van der Waals surface area contributed by atoms with Crippen molar-refractivity contribution in [2.75, 3.05) is 33.3 Å². The molecule has 0 saturated carbocycles. The van der Waals surface area contributed by atoms with E-state index in [1.54, 1.807) is 32.9 Å². The van der Waals surface area contributed by atoms with Crippen LogP contribution < -0.4 is 0 Å². The Bertz CT molecular complexity index is 1110. The number of aliphatic imine (C=N–C) groups is 1. The Morgan fingerprint density at radius 2 is 1.82 bits per heavy atom. The first kappa shape index (κ1) is 24.0. The highest BCUT2D eigenvalue weighted by molar-refractivity contribution is 8.16. The molecule has 0 unspecified atom stereocenters. The zero-order chi connectivity index (χ0) is 24.4. The molecule has 1 atom stereocenters. The second kappa shape index (κ2) is 10.0. The van der Waals surface area contributed by atoms with E-state index in [2.05, 4.69) is 4.99 Å². The highest BCUT2D eigenvalue weighted by atomic mass is 32.2. The number of carbonyl (C=O) groups excluding carboxylic acids is 3. The highest BCUT2D eigenvalue weighted by Crippen LogP contribution is 2.46. The summed E-state index contributed by atoms with van der Waals surface area (Å²) in [6.45, 7) is 5.33. The summed E-state index contributed by atoms with van der Waals surface area (Å²) in [4.78, 5) is 47.5. The Labute approximate surface area is 202 Å². The van der Waals surface area contributed by atoms with E-state index in [-0.39, 0.29) is 23.8 Å². The molecule has 3 aliphatic heterocycles. The number of piperazine rings is 1. The summed E-state index contributed by atoms with van der Waals surface area (Å²) in [5.41, 5.74) is 1.78. The first-order chi connectivity index (χ1) is 16.3. The fourth-order valence-electron chi connectivity index (χ4n) is 4.44. The van der Waals surface area contributed by atoms with Crippen molar-refractivity contribution in [1.82, 2.24) is 14.7 Å². The number of amidine groups is 1. The number of carbonyl (C=O) groups is 3. The largest absolute Gasteiger partial charge is 0.466 e. The SMILES string of the molecule is CCC1=C(C(=O)OC)[C@@H](c2ccccc2F)N2C(CC(=O)N3CCN(C(C)=O)CC3)=CSC2=N1. The Balaban J connectivity index is 1.64. The van der Waals surface area contributed by atoms with E-state index in [0.717, 1.165) is 0 Å². The van der Waals surface area contributed by atoms with Crippen LogP contribution in [-0.2, 0) is 19.1 Å². The maximum atomic E-state index is 15.0. The molecular formula is C24H27FN4O4S. The number of esters is 1. The number of rotatable bonds is 5. The number of methoxy groups -OCH3 is 1. The molecular weight excluding hydrogens is 459 g/mol. The molecule has 10 heteroatoms. The summed E-state index contributed by atoms with van der Waals surface area (Å²) in [5, 5.41) is 2.44.